The van der Waals surface area contributed by atoms with Gasteiger partial charge in [-0.3, -0.25) is 4.18 Å². The molecule has 0 spiro atoms. The van der Waals surface area contributed by atoms with Gasteiger partial charge in [0.15, 0.2) is 0 Å². The van der Waals surface area contributed by atoms with Crippen molar-refractivity contribution in [1.82, 2.24) is 0 Å². The summed E-state index contributed by atoms with van der Waals surface area (Å²) >= 11 is -2.35. The first-order valence-electron chi connectivity index (χ1n) is 4.96. The van der Waals surface area contributed by atoms with Gasteiger partial charge < -0.3 is 4.55 Å². The molecule has 2 atom stereocenters. The van der Waals surface area contributed by atoms with Crippen molar-refractivity contribution in [3.63, 3.8) is 0 Å². The molecule has 0 heterocycles. The SMILES string of the molecule is CC(OS(=O)[O-])C1CCCCCC1. The van der Waals surface area contributed by atoms with Gasteiger partial charge in [0.25, 0.3) is 0 Å². The lowest BCUT2D eigenvalue weighted by Crippen LogP contribution is -2.21. The molecule has 1 saturated carbocycles. The van der Waals surface area contributed by atoms with Crippen LogP contribution >= 0.6 is 0 Å². The summed E-state index contributed by atoms with van der Waals surface area (Å²) in [5, 5.41) is 0. The molecule has 1 aliphatic carbocycles. The highest BCUT2D eigenvalue weighted by molar-refractivity contribution is 7.74. The molecule has 0 aliphatic heterocycles. The summed E-state index contributed by atoms with van der Waals surface area (Å²) in [4.78, 5) is 0. The molecule has 1 fully saturated rings. The van der Waals surface area contributed by atoms with Crippen LogP contribution in [0.2, 0.25) is 0 Å². The smallest absolute Gasteiger partial charge is 0.0844 e. The Kier molecular flexibility index (Phi) is 4.91. The van der Waals surface area contributed by atoms with Crippen molar-refractivity contribution in [3.8, 4) is 0 Å². The van der Waals surface area contributed by atoms with Gasteiger partial charge in [0, 0.05) is 0 Å². The first-order valence-corrected chi connectivity index (χ1v) is 5.96. The van der Waals surface area contributed by atoms with E-state index in [1.165, 1.54) is 25.7 Å². The van der Waals surface area contributed by atoms with Crippen molar-refractivity contribution in [3.05, 3.63) is 0 Å². The highest BCUT2D eigenvalue weighted by Crippen LogP contribution is 2.26. The van der Waals surface area contributed by atoms with Crippen LogP contribution in [0.1, 0.15) is 45.4 Å². The van der Waals surface area contributed by atoms with Crippen molar-refractivity contribution < 1.29 is 12.9 Å². The van der Waals surface area contributed by atoms with Crippen LogP contribution in [0.15, 0.2) is 0 Å². The van der Waals surface area contributed by atoms with Crippen LogP contribution in [0.5, 0.6) is 0 Å². The van der Waals surface area contributed by atoms with E-state index in [0.29, 0.717) is 5.92 Å². The maximum atomic E-state index is 10.3. The van der Waals surface area contributed by atoms with Crippen molar-refractivity contribution in [1.29, 1.82) is 0 Å². The van der Waals surface area contributed by atoms with Gasteiger partial charge in [-0.15, -0.1) is 0 Å². The van der Waals surface area contributed by atoms with Crippen molar-refractivity contribution in [2.75, 3.05) is 0 Å². The Morgan fingerprint density at radius 3 is 2.31 bits per heavy atom. The molecular formula is C9H17O3S-. The van der Waals surface area contributed by atoms with Crippen LogP contribution < -0.4 is 0 Å². The molecule has 0 amide bonds. The fraction of sp³-hybridized carbons (Fsp3) is 1.00. The molecule has 0 N–H and O–H groups in total. The van der Waals surface area contributed by atoms with E-state index >= 15 is 0 Å². The number of rotatable bonds is 3. The third-order valence-electron chi connectivity index (χ3n) is 2.79. The average molecular weight is 205 g/mol. The lowest BCUT2D eigenvalue weighted by molar-refractivity contribution is 0.142. The van der Waals surface area contributed by atoms with Gasteiger partial charge in [-0.1, -0.05) is 25.7 Å². The number of hydrogen-bond donors (Lipinski definition) is 0. The quantitative estimate of drug-likeness (QED) is 0.524. The molecule has 0 aromatic heterocycles. The molecule has 78 valence electrons. The normalized spacial score (nSPS) is 25.1. The standard InChI is InChI=1S/C9H18O3S/c1-8(12-13(10)11)9-6-4-2-3-5-7-9/h8-9H,2-7H2,1H3,(H,10,11)/p-1. The second-order valence-electron chi connectivity index (χ2n) is 3.76. The fourth-order valence-corrected chi connectivity index (χ4v) is 2.39. The topological polar surface area (TPSA) is 49.4 Å². The fourth-order valence-electron chi connectivity index (χ4n) is 1.98. The third kappa shape index (κ3) is 4.20. The van der Waals surface area contributed by atoms with E-state index in [4.69, 9.17) is 4.18 Å². The number of hydrogen-bond acceptors (Lipinski definition) is 3. The summed E-state index contributed by atoms with van der Waals surface area (Å²) < 4.78 is 25.4. The maximum Gasteiger partial charge on any atom is 0.0844 e. The van der Waals surface area contributed by atoms with Crippen LogP contribution in [0.3, 0.4) is 0 Å². The zero-order chi connectivity index (χ0) is 9.68. The first-order chi connectivity index (χ1) is 6.20. The predicted octanol–water partition coefficient (Wildman–Crippen LogP) is 2.16. The van der Waals surface area contributed by atoms with Gasteiger partial charge in [0.1, 0.15) is 0 Å². The van der Waals surface area contributed by atoms with E-state index in [2.05, 4.69) is 0 Å². The van der Waals surface area contributed by atoms with E-state index < -0.39 is 11.4 Å². The lowest BCUT2D eigenvalue weighted by atomic mass is 9.95. The Hall–Kier alpha value is 0.0700. The first kappa shape index (κ1) is 11.1. The summed E-state index contributed by atoms with van der Waals surface area (Å²) in [6, 6.07) is 0. The summed E-state index contributed by atoms with van der Waals surface area (Å²) in [6.45, 7) is 1.85. The Morgan fingerprint density at radius 2 is 1.85 bits per heavy atom. The Balaban J connectivity index is 2.34. The Labute approximate surface area is 82.4 Å². The molecule has 1 aliphatic rings. The van der Waals surface area contributed by atoms with Gasteiger partial charge in [-0.25, -0.2) is 4.21 Å². The molecule has 0 bridgehead atoms. The second-order valence-corrected chi connectivity index (χ2v) is 4.36. The van der Waals surface area contributed by atoms with Gasteiger partial charge in [0.05, 0.1) is 17.5 Å². The molecule has 3 nitrogen and oxygen atoms in total. The molecule has 0 aromatic carbocycles. The monoisotopic (exact) mass is 205 g/mol. The summed E-state index contributed by atoms with van der Waals surface area (Å²) in [6.07, 6.45) is 7.06. The van der Waals surface area contributed by atoms with Crippen LogP contribution in [0.4, 0.5) is 0 Å². The molecule has 0 radical (unpaired) electrons. The van der Waals surface area contributed by atoms with Crippen LogP contribution in [0.25, 0.3) is 0 Å². The van der Waals surface area contributed by atoms with Gasteiger partial charge >= 0.3 is 0 Å². The predicted molar refractivity (Wildman–Crippen MR) is 50.7 cm³/mol. The molecule has 1 rings (SSSR count). The lowest BCUT2D eigenvalue weighted by Gasteiger charge is -2.22. The minimum absolute atomic E-state index is 0.142. The van der Waals surface area contributed by atoms with Gasteiger partial charge in [-0.05, 0) is 25.7 Å². The third-order valence-corrected chi connectivity index (χ3v) is 3.25. The van der Waals surface area contributed by atoms with E-state index in [-0.39, 0.29) is 6.10 Å². The molecule has 0 aromatic rings. The molecular weight excluding hydrogens is 188 g/mol. The minimum atomic E-state index is -2.35. The molecule has 2 unspecified atom stereocenters. The Morgan fingerprint density at radius 1 is 1.31 bits per heavy atom. The van der Waals surface area contributed by atoms with Crippen molar-refractivity contribution in [2.24, 2.45) is 5.92 Å². The van der Waals surface area contributed by atoms with E-state index in [0.717, 1.165) is 12.8 Å². The summed E-state index contributed by atoms with van der Waals surface area (Å²) in [5.74, 6) is 0.431. The van der Waals surface area contributed by atoms with Gasteiger partial charge in [-0.2, -0.15) is 0 Å². The largest absolute Gasteiger partial charge is 0.750 e. The van der Waals surface area contributed by atoms with Crippen molar-refractivity contribution >= 4 is 11.4 Å². The Bertz CT molecular complexity index is 164. The van der Waals surface area contributed by atoms with E-state index in [1.807, 2.05) is 6.92 Å². The summed E-state index contributed by atoms with van der Waals surface area (Å²) in [7, 11) is 0. The average Bonchev–Trinajstić information content (AvgIpc) is 2.29. The zero-order valence-corrected chi connectivity index (χ0v) is 8.85. The van der Waals surface area contributed by atoms with E-state index in [9.17, 15) is 8.76 Å². The van der Waals surface area contributed by atoms with Crippen molar-refractivity contribution in [2.45, 2.75) is 51.6 Å². The molecule has 13 heavy (non-hydrogen) atoms. The minimum Gasteiger partial charge on any atom is -0.750 e. The highest BCUT2D eigenvalue weighted by atomic mass is 32.2. The summed E-state index contributed by atoms with van der Waals surface area (Å²) in [5.41, 5.74) is 0. The molecule has 0 saturated heterocycles. The molecule has 4 heteroatoms. The maximum absolute atomic E-state index is 10.3. The van der Waals surface area contributed by atoms with E-state index in [1.54, 1.807) is 0 Å². The van der Waals surface area contributed by atoms with Crippen LogP contribution in [-0.2, 0) is 15.5 Å². The van der Waals surface area contributed by atoms with Crippen LogP contribution in [-0.4, -0.2) is 14.9 Å². The van der Waals surface area contributed by atoms with Gasteiger partial charge in [0.2, 0.25) is 0 Å². The second kappa shape index (κ2) is 5.73. The highest BCUT2D eigenvalue weighted by Gasteiger charge is 2.19. The zero-order valence-electron chi connectivity index (χ0n) is 8.03. The van der Waals surface area contributed by atoms with Crippen LogP contribution in [0, 0.1) is 5.92 Å².